The van der Waals surface area contributed by atoms with E-state index in [4.69, 9.17) is 9.47 Å². The van der Waals surface area contributed by atoms with Crippen LogP contribution in [0.3, 0.4) is 0 Å². The first-order chi connectivity index (χ1) is 17.1. The summed E-state index contributed by atoms with van der Waals surface area (Å²) >= 11 is 0. The summed E-state index contributed by atoms with van der Waals surface area (Å²) in [6.07, 6.45) is 6.17. The second kappa shape index (κ2) is 9.67. The summed E-state index contributed by atoms with van der Waals surface area (Å²) < 4.78 is 27.5. The van der Waals surface area contributed by atoms with E-state index in [1.54, 1.807) is 49.5 Å². The molecule has 4 heterocycles. The summed E-state index contributed by atoms with van der Waals surface area (Å²) in [4.78, 5) is 27.9. The Morgan fingerprint density at radius 3 is 2.89 bits per heavy atom. The van der Waals surface area contributed by atoms with Gasteiger partial charge < -0.3 is 14.8 Å². The molecular weight excluding hydrogens is 451 g/mol. The molecule has 5 rings (SSSR count). The summed E-state index contributed by atoms with van der Waals surface area (Å²) in [5, 5.41) is 3.99. The number of halogens is 1. The quantitative estimate of drug-likeness (QED) is 0.469. The molecule has 1 amide bonds. The molecular formula is C25H25FN6O3. The fraction of sp³-hybridized carbons (Fsp3) is 0.280. The Morgan fingerprint density at radius 2 is 2.09 bits per heavy atom. The predicted octanol–water partition coefficient (Wildman–Crippen LogP) is 3.73. The molecule has 1 N–H and O–H groups in total. The van der Waals surface area contributed by atoms with Gasteiger partial charge in [-0.1, -0.05) is 18.2 Å². The van der Waals surface area contributed by atoms with E-state index in [2.05, 4.69) is 20.3 Å². The summed E-state index contributed by atoms with van der Waals surface area (Å²) in [6.45, 7) is 3.63. The SMILES string of the molecule is CCOC(=O)N1CCNCC1c1ncnc2c1c(-c1ccccc1F)cn2-c1cncc(OC)c1. The van der Waals surface area contributed by atoms with Crippen LogP contribution in [0, 0.1) is 5.82 Å². The lowest BCUT2D eigenvalue weighted by molar-refractivity contribution is 0.0804. The van der Waals surface area contributed by atoms with Crippen LogP contribution in [0.5, 0.6) is 5.75 Å². The molecule has 35 heavy (non-hydrogen) atoms. The largest absolute Gasteiger partial charge is 0.495 e. The Labute approximate surface area is 201 Å². The molecule has 1 atom stereocenters. The molecule has 0 radical (unpaired) electrons. The molecule has 1 aliphatic heterocycles. The summed E-state index contributed by atoms with van der Waals surface area (Å²) in [7, 11) is 1.57. The Kier molecular flexibility index (Phi) is 6.28. The van der Waals surface area contributed by atoms with Crippen molar-refractivity contribution < 1.29 is 18.7 Å². The van der Waals surface area contributed by atoms with Crippen molar-refractivity contribution >= 4 is 17.1 Å². The maximum atomic E-state index is 15.0. The molecule has 1 aliphatic rings. The highest BCUT2D eigenvalue weighted by atomic mass is 19.1. The number of carbonyl (C=O) groups is 1. The first kappa shape index (κ1) is 22.7. The molecule has 4 aromatic rings. The van der Waals surface area contributed by atoms with E-state index >= 15 is 4.39 Å². The van der Waals surface area contributed by atoms with Gasteiger partial charge in [0.25, 0.3) is 0 Å². The van der Waals surface area contributed by atoms with Crippen molar-refractivity contribution in [2.24, 2.45) is 0 Å². The maximum absolute atomic E-state index is 15.0. The van der Waals surface area contributed by atoms with Gasteiger partial charge in [0.2, 0.25) is 0 Å². The normalized spacial score (nSPS) is 15.9. The second-order valence-corrected chi connectivity index (χ2v) is 8.05. The monoisotopic (exact) mass is 476 g/mol. The molecule has 3 aromatic heterocycles. The van der Waals surface area contributed by atoms with Crippen molar-refractivity contribution in [3.8, 4) is 22.6 Å². The van der Waals surface area contributed by atoms with Crippen LogP contribution in [0.4, 0.5) is 9.18 Å². The lowest BCUT2D eigenvalue weighted by atomic mass is 10.00. The molecule has 1 unspecified atom stereocenters. The molecule has 1 saturated heterocycles. The van der Waals surface area contributed by atoms with Crippen molar-refractivity contribution in [3.63, 3.8) is 0 Å². The minimum absolute atomic E-state index is 0.272. The van der Waals surface area contributed by atoms with E-state index in [0.717, 1.165) is 0 Å². The zero-order valence-electron chi connectivity index (χ0n) is 19.4. The number of nitrogens with zero attached hydrogens (tertiary/aromatic N) is 5. The lowest BCUT2D eigenvalue weighted by Gasteiger charge is -2.35. The number of carbonyl (C=O) groups excluding carboxylic acids is 1. The highest BCUT2D eigenvalue weighted by Gasteiger charge is 2.33. The van der Waals surface area contributed by atoms with Gasteiger partial charge in [-0.3, -0.25) is 14.5 Å². The van der Waals surface area contributed by atoms with Crippen molar-refractivity contribution in [1.82, 2.24) is 29.7 Å². The van der Waals surface area contributed by atoms with Crippen LogP contribution in [-0.4, -0.2) is 63.9 Å². The van der Waals surface area contributed by atoms with Gasteiger partial charge in [0.1, 0.15) is 23.5 Å². The van der Waals surface area contributed by atoms with Gasteiger partial charge in [0.05, 0.1) is 48.9 Å². The van der Waals surface area contributed by atoms with E-state index in [1.807, 2.05) is 16.8 Å². The average molecular weight is 477 g/mol. The molecule has 1 fully saturated rings. The predicted molar refractivity (Wildman–Crippen MR) is 128 cm³/mol. The van der Waals surface area contributed by atoms with Crippen LogP contribution in [0.1, 0.15) is 18.7 Å². The van der Waals surface area contributed by atoms with Crippen LogP contribution >= 0.6 is 0 Å². The van der Waals surface area contributed by atoms with Gasteiger partial charge in [-0.2, -0.15) is 0 Å². The fourth-order valence-corrected chi connectivity index (χ4v) is 4.44. The maximum Gasteiger partial charge on any atom is 0.410 e. The average Bonchev–Trinajstić information content (AvgIpc) is 3.29. The molecule has 0 bridgehead atoms. The van der Waals surface area contributed by atoms with Gasteiger partial charge in [-0.25, -0.2) is 19.2 Å². The van der Waals surface area contributed by atoms with Crippen molar-refractivity contribution in [2.75, 3.05) is 33.4 Å². The van der Waals surface area contributed by atoms with Gasteiger partial charge in [-0.15, -0.1) is 0 Å². The number of fused-ring (bicyclic) bond motifs is 1. The molecule has 10 heteroatoms. The van der Waals surface area contributed by atoms with Crippen LogP contribution < -0.4 is 10.1 Å². The summed E-state index contributed by atoms with van der Waals surface area (Å²) in [5.41, 5.74) is 2.91. The third-order valence-corrected chi connectivity index (χ3v) is 6.05. The minimum Gasteiger partial charge on any atom is -0.495 e. The highest BCUT2D eigenvalue weighted by Crippen LogP contribution is 2.38. The van der Waals surface area contributed by atoms with Gasteiger partial charge in [-0.05, 0) is 13.0 Å². The Bertz CT molecular complexity index is 1370. The Hall–Kier alpha value is -4.05. The Morgan fingerprint density at radius 1 is 1.23 bits per heavy atom. The number of hydrogen-bond acceptors (Lipinski definition) is 7. The number of benzene rings is 1. The fourth-order valence-electron chi connectivity index (χ4n) is 4.44. The summed E-state index contributed by atoms with van der Waals surface area (Å²) in [5.74, 6) is 0.213. The van der Waals surface area contributed by atoms with Gasteiger partial charge in [0, 0.05) is 43.0 Å². The second-order valence-electron chi connectivity index (χ2n) is 8.05. The van der Waals surface area contributed by atoms with Crippen LogP contribution in [0.25, 0.3) is 27.8 Å². The van der Waals surface area contributed by atoms with E-state index in [0.29, 0.717) is 58.9 Å². The first-order valence-corrected chi connectivity index (χ1v) is 11.4. The third kappa shape index (κ3) is 4.17. The highest BCUT2D eigenvalue weighted by molar-refractivity contribution is 5.97. The zero-order chi connectivity index (χ0) is 24.4. The smallest absolute Gasteiger partial charge is 0.410 e. The first-order valence-electron chi connectivity index (χ1n) is 11.4. The molecule has 0 spiro atoms. The zero-order valence-corrected chi connectivity index (χ0v) is 19.4. The van der Waals surface area contributed by atoms with Gasteiger partial charge >= 0.3 is 6.09 Å². The number of rotatable bonds is 5. The molecule has 9 nitrogen and oxygen atoms in total. The minimum atomic E-state index is -0.418. The lowest BCUT2D eigenvalue weighted by Crippen LogP contribution is -2.49. The van der Waals surface area contributed by atoms with Crippen molar-refractivity contribution in [2.45, 2.75) is 13.0 Å². The number of aromatic nitrogens is 4. The number of amides is 1. The topological polar surface area (TPSA) is 94.4 Å². The molecule has 180 valence electrons. The summed E-state index contributed by atoms with van der Waals surface area (Å²) in [6, 6.07) is 7.98. The number of pyridine rings is 1. The number of ether oxygens (including phenoxy) is 2. The molecule has 1 aromatic carbocycles. The van der Waals surface area contributed by atoms with Gasteiger partial charge in [0.15, 0.2) is 0 Å². The number of nitrogens with one attached hydrogen (secondary N) is 1. The standard InChI is InChI=1S/C25H25FN6O3/c1-3-35-25(33)31-9-8-27-13-21(31)23-22-19(18-6-4-5-7-20(18)26)14-32(24(22)30-15-29-23)16-10-17(34-2)12-28-11-16/h4-7,10-12,14-15,21,27H,3,8-9,13H2,1-2H3. The molecule has 0 aliphatic carbocycles. The van der Waals surface area contributed by atoms with Crippen molar-refractivity contribution in [3.05, 3.63) is 66.8 Å². The number of piperazine rings is 1. The Balaban J connectivity index is 1.76. The molecule has 0 saturated carbocycles. The van der Waals surface area contributed by atoms with Crippen LogP contribution in [-0.2, 0) is 4.74 Å². The third-order valence-electron chi connectivity index (χ3n) is 6.05. The van der Waals surface area contributed by atoms with Crippen molar-refractivity contribution in [1.29, 1.82) is 0 Å². The van der Waals surface area contributed by atoms with Crippen LogP contribution in [0.2, 0.25) is 0 Å². The van der Waals surface area contributed by atoms with E-state index in [1.165, 1.54) is 12.4 Å². The number of methoxy groups -OCH3 is 1. The van der Waals surface area contributed by atoms with Crippen LogP contribution in [0.15, 0.2) is 55.2 Å². The van der Waals surface area contributed by atoms with E-state index in [9.17, 15) is 4.79 Å². The number of hydrogen-bond donors (Lipinski definition) is 1. The van der Waals surface area contributed by atoms with E-state index in [-0.39, 0.29) is 12.4 Å². The van der Waals surface area contributed by atoms with E-state index < -0.39 is 12.1 Å².